The van der Waals surface area contributed by atoms with Crippen molar-refractivity contribution in [3.63, 3.8) is 0 Å². The third-order valence-corrected chi connectivity index (χ3v) is 6.59. The molecule has 0 bridgehead atoms. The highest BCUT2D eigenvalue weighted by atomic mass is 32.2. The van der Waals surface area contributed by atoms with Gasteiger partial charge in [0.2, 0.25) is 0 Å². The molecule has 0 saturated carbocycles. The van der Waals surface area contributed by atoms with Crippen molar-refractivity contribution in [2.24, 2.45) is 5.92 Å². The Morgan fingerprint density at radius 2 is 2.43 bits per heavy atom. The molecule has 2 atom stereocenters. The largest absolute Gasteiger partial charge is 0.374 e. The molecule has 4 heterocycles. The molecule has 0 radical (unpaired) electrons. The summed E-state index contributed by atoms with van der Waals surface area (Å²) in [6, 6.07) is 3.99. The second-order valence-corrected chi connectivity index (χ2v) is 7.97. The smallest absolute Gasteiger partial charge is 0.167 e. The van der Waals surface area contributed by atoms with Crippen molar-refractivity contribution in [1.29, 1.82) is 0 Å². The Morgan fingerprint density at radius 3 is 3.29 bits per heavy atom. The van der Waals surface area contributed by atoms with Gasteiger partial charge in [-0.15, -0.1) is 11.3 Å². The summed E-state index contributed by atoms with van der Waals surface area (Å²) in [6.07, 6.45) is 4.54. The quantitative estimate of drug-likeness (QED) is 0.790. The fourth-order valence-corrected chi connectivity index (χ4v) is 5.49. The Balaban J connectivity index is 1.58. The lowest BCUT2D eigenvalue weighted by atomic mass is 9.81. The first-order valence-corrected chi connectivity index (χ1v) is 9.38. The van der Waals surface area contributed by atoms with Gasteiger partial charge in [0, 0.05) is 30.0 Å². The summed E-state index contributed by atoms with van der Waals surface area (Å²) >= 11 is 3.59. The molecule has 2 aromatic heterocycles. The number of Topliss-reactive ketones (excluding diaryl/α,β-unsaturated/α-hetero) is 1. The van der Waals surface area contributed by atoms with Crippen LogP contribution in [0.2, 0.25) is 0 Å². The van der Waals surface area contributed by atoms with Gasteiger partial charge in [0.1, 0.15) is 0 Å². The van der Waals surface area contributed by atoms with E-state index in [0.717, 1.165) is 46.5 Å². The number of thiophene rings is 1. The lowest BCUT2D eigenvalue weighted by Gasteiger charge is -2.37. The van der Waals surface area contributed by atoms with Gasteiger partial charge in [-0.25, -0.2) is 0 Å². The number of thioether (sulfide) groups is 1. The fraction of sp³-hybridized carbons (Fsp3) is 0.500. The number of aromatic nitrogens is 1. The summed E-state index contributed by atoms with van der Waals surface area (Å²) < 4.78 is 7.11. The van der Waals surface area contributed by atoms with Crippen LogP contribution in [0.15, 0.2) is 23.7 Å². The molecule has 110 valence electrons. The normalized spacial score (nSPS) is 29.2. The van der Waals surface area contributed by atoms with Gasteiger partial charge < -0.3 is 4.74 Å². The first-order valence-electron chi connectivity index (χ1n) is 7.35. The van der Waals surface area contributed by atoms with E-state index in [2.05, 4.69) is 4.98 Å². The summed E-state index contributed by atoms with van der Waals surface area (Å²) in [5, 5.41) is 2.02. The van der Waals surface area contributed by atoms with Gasteiger partial charge in [0.05, 0.1) is 15.8 Å². The zero-order valence-corrected chi connectivity index (χ0v) is 13.3. The molecule has 2 aliphatic heterocycles. The van der Waals surface area contributed by atoms with Crippen molar-refractivity contribution in [2.45, 2.75) is 24.9 Å². The molecular formula is C16H17NO2S2. The summed E-state index contributed by atoms with van der Waals surface area (Å²) in [5.41, 5.74) is 1.70. The molecule has 4 rings (SSSR count). The van der Waals surface area contributed by atoms with Crippen molar-refractivity contribution in [1.82, 2.24) is 4.98 Å². The van der Waals surface area contributed by atoms with Crippen LogP contribution >= 0.6 is 23.1 Å². The van der Waals surface area contributed by atoms with Crippen molar-refractivity contribution in [2.75, 3.05) is 18.1 Å². The molecule has 0 aromatic carbocycles. The van der Waals surface area contributed by atoms with E-state index in [9.17, 15) is 4.79 Å². The van der Waals surface area contributed by atoms with Gasteiger partial charge in [0.15, 0.2) is 5.78 Å². The Hall–Kier alpha value is -0.910. The van der Waals surface area contributed by atoms with Crippen molar-refractivity contribution in [3.8, 4) is 0 Å². The number of pyridine rings is 1. The van der Waals surface area contributed by atoms with Crippen molar-refractivity contribution in [3.05, 3.63) is 29.3 Å². The van der Waals surface area contributed by atoms with Gasteiger partial charge in [-0.1, -0.05) is 0 Å². The lowest BCUT2D eigenvalue weighted by Crippen LogP contribution is -2.42. The minimum Gasteiger partial charge on any atom is -0.374 e. The predicted octanol–water partition coefficient (Wildman–Crippen LogP) is 3.78. The maximum Gasteiger partial charge on any atom is 0.167 e. The van der Waals surface area contributed by atoms with Crippen LogP contribution in [-0.2, 0) is 4.74 Å². The van der Waals surface area contributed by atoms with E-state index in [0.29, 0.717) is 6.61 Å². The van der Waals surface area contributed by atoms with E-state index >= 15 is 0 Å². The van der Waals surface area contributed by atoms with Crippen LogP contribution in [0.5, 0.6) is 0 Å². The molecule has 0 aliphatic carbocycles. The maximum atomic E-state index is 12.8. The summed E-state index contributed by atoms with van der Waals surface area (Å²) in [7, 11) is 0. The molecule has 2 aliphatic rings. The zero-order chi connectivity index (χ0) is 14.3. The summed E-state index contributed by atoms with van der Waals surface area (Å²) in [6.45, 7) is 0.714. The Morgan fingerprint density at radius 1 is 1.48 bits per heavy atom. The van der Waals surface area contributed by atoms with E-state index in [1.54, 1.807) is 17.5 Å². The van der Waals surface area contributed by atoms with Crippen LogP contribution in [0, 0.1) is 5.92 Å². The fourth-order valence-electron chi connectivity index (χ4n) is 3.33. The zero-order valence-electron chi connectivity index (χ0n) is 11.7. The molecule has 2 unspecified atom stereocenters. The van der Waals surface area contributed by atoms with Crippen LogP contribution < -0.4 is 0 Å². The first kappa shape index (κ1) is 13.7. The Labute approximate surface area is 132 Å². The molecule has 2 fully saturated rings. The van der Waals surface area contributed by atoms with Gasteiger partial charge in [0.25, 0.3) is 0 Å². The van der Waals surface area contributed by atoms with E-state index in [-0.39, 0.29) is 17.3 Å². The van der Waals surface area contributed by atoms with Gasteiger partial charge in [-0.3, -0.25) is 9.78 Å². The second-order valence-electron chi connectivity index (χ2n) is 5.92. The third kappa shape index (κ3) is 2.51. The van der Waals surface area contributed by atoms with Crippen molar-refractivity contribution >= 4 is 39.1 Å². The van der Waals surface area contributed by atoms with Gasteiger partial charge in [-0.2, -0.15) is 11.8 Å². The highest BCUT2D eigenvalue weighted by molar-refractivity contribution is 7.99. The number of fused-ring (bicyclic) bond motifs is 1. The highest BCUT2D eigenvalue weighted by Gasteiger charge is 2.42. The maximum absolute atomic E-state index is 12.8. The third-order valence-electron chi connectivity index (χ3n) is 4.52. The minimum absolute atomic E-state index is 0.0380. The van der Waals surface area contributed by atoms with E-state index in [1.807, 2.05) is 29.3 Å². The van der Waals surface area contributed by atoms with E-state index in [1.165, 1.54) is 0 Å². The van der Waals surface area contributed by atoms with E-state index < -0.39 is 0 Å². The molecule has 5 heteroatoms. The SMILES string of the molecule is O=C(c1cnc2ccsc2c1)C1CCOC2(CCSC2)C1. The van der Waals surface area contributed by atoms with Crippen LogP contribution in [0.3, 0.4) is 0 Å². The number of hydrogen-bond acceptors (Lipinski definition) is 5. The number of ketones is 1. The highest BCUT2D eigenvalue weighted by Crippen LogP contribution is 2.41. The molecular weight excluding hydrogens is 302 g/mol. The van der Waals surface area contributed by atoms with Crippen LogP contribution in [0.25, 0.3) is 10.2 Å². The average Bonchev–Trinajstić information content (AvgIpc) is 3.15. The van der Waals surface area contributed by atoms with Crippen molar-refractivity contribution < 1.29 is 9.53 Å². The molecule has 3 nitrogen and oxygen atoms in total. The molecule has 1 spiro atoms. The van der Waals surface area contributed by atoms with Crippen LogP contribution in [0.1, 0.15) is 29.6 Å². The molecule has 0 amide bonds. The standard InChI is InChI=1S/C16H17NO2S2/c18-15(12-7-14-13(17-9-12)2-5-21-14)11-1-4-19-16(8-11)3-6-20-10-16/h2,5,7,9,11H,1,3-4,6,8,10H2. The van der Waals surface area contributed by atoms with E-state index in [4.69, 9.17) is 4.74 Å². The summed E-state index contributed by atoms with van der Waals surface area (Å²) in [4.78, 5) is 17.2. The monoisotopic (exact) mass is 319 g/mol. The number of hydrogen-bond donors (Lipinski definition) is 0. The topological polar surface area (TPSA) is 39.2 Å². The molecule has 2 aromatic rings. The second kappa shape index (κ2) is 5.38. The van der Waals surface area contributed by atoms with Gasteiger partial charge in [-0.05, 0) is 42.5 Å². The number of carbonyl (C=O) groups is 1. The molecule has 21 heavy (non-hydrogen) atoms. The number of carbonyl (C=O) groups excluding carboxylic acids is 1. The lowest BCUT2D eigenvalue weighted by molar-refractivity contribution is -0.0734. The predicted molar refractivity (Wildman–Crippen MR) is 87.3 cm³/mol. The minimum atomic E-state index is -0.0380. The van der Waals surface area contributed by atoms with Crippen LogP contribution in [-0.4, -0.2) is 34.5 Å². The Kier molecular flexibility index (Phi) is 3.52. The number of nitrogens with zero attached hydrogens (tertiary/aromatic N) is 1. The molecule has 0 N–H and O–H groups in total. The summed E-state index contributed by atoms with van der Waals surface area (Å²) in [5.74, 6) is 2.54. The Bertz CT molecular complexity index is 676. The first-order chi connectivity index (χ1) is 10.3. The molecule has 2 saturated heterocycles. The van der Waals surface area contributed by atoms with Crippen LogP contribution in [0.4, 0.5) is 0 Å². The average molecular weight is 319 g/mol. The number of rotatable bonds is 2. The number of ether oxygens (including phenoxy) is 1. The van der Waals surface area contributed by atoms with Gasteiger partial charge >= 0.3 is 0 Å².